The Morgan fingerprint density at radius 2 is 2.00 bits per heavy atom. The molecule has 0 aliphatic heterocycles. The van der Waals surface area contributed by atoms with Gasteiger partial charge in [0.05, 0.1) is 5.56 Å². The number of carbonyl (C=O) groups is 3. The van der Waals surface area contributed by atoms with Gasteiger partial charge >= 0.3 is 5.97 Å². The van der Waals surface area contributed by atoms with E-state index in [4.69, 9.17) is 0 Å². The number of carboxylic acid groups (broad SMARTS) is 1. The number of aromatic amines is 1. The molecule has 2 amide bonds. The molecular formula is C17H18FN3O5. The average Bonchev–Trinajstić information content (AvgIpc) is 2.57. The number of H-pyrrole nitrogens is 1. The molecule has 0 aliphatic carbocycles. The van der Waals surface area contributed by atoms with E-state index in [2.05, 4.69) is 10.3 Å². The van der Waals surface area contributed by atoms with E-state index in [0.717, 1.165) is 23.1 Å². The van der Waals surface area contributed by atoms with Crippen LogP contribution in [0.15, 0.2) is 29.1 Å². The van der Waals surface area contributed by atoms with Gasteiger partial charge in [-0.05, 0) is 25.1 Å². The lowest BCUT2D eigenvalue weighted by Crippen LogP contribution is -2.47. The van der Waals surface area contributed by atoms with Gasteiger partial charge in [-0.15, -0.1) is 0 Å². The number of nitrogens with zero attached hydrogens (tertiary/aromatic N) is 1. The highest BCUT2D eigenvalue weighted by Crippen LogP contribution is 2.19. The van der Waals surface area contributed by atoms with Gasteiger partial charge in [0.15, 0.2) is 0 Å². The van der Waals surface area contributed by atoms with Crippen LogP contribution in [0.5, 0.6) is 0 Å². The molecule has 0 saturated carbocycles. The van der Waals surface area contributed by atoms with Crippen molar-refractivity contribution in [3.05, 3.63) is 46.0 Å². The van der Waals surface area contributed by atoms with Gasteiger partial charge in [-0.1, -0.05) is 0 Å². The fourth-order valence-electron chi connectivity index (χ4n) is 2.51. The number of benzene rings is 1. The van der Waals surface area contributed by atoms with Crippen LogP contribution in [0.25, 0.3) is 10.9 Å². The van der Waals surface area contributed by atoms with E-state index in [1.807, 2.05) is 0 Å². The van der Waals surface area contributed by atoms with Crippen LogP contribution in [-0.4, -0.2) is 51.9 Å². The summed E-state index contributed by atoms with van der Waals surface area (Å²) >= 11 is 0. The summed E-state index contributed by atoms with van der Waals surface area (Å²) in [4.78, 5) is 50.6. The van der Waals surface area contributed by atoms with Gasteiger partial charge in [-0.25, -0.2) is 9.18 Å². The molecule has 1 heterocycles. The minimum Gasteiger partial charge on any atom is -0.480 e. The van der Waals surface area contributed by atoms with Crippen LogP contribution in [0.1, 0.15) is 24.2 Å². The van der Waals surface area contributed by atoms with E-state index in [9.17, 15) is 28.7 Å². The standard InChI is InChI=1S/C17H18FN3O5/c1-9(17(25)26)21(6-5-19-10(2)22)16(24)13-8-15(23)20-14-4-3-11(18)7-12(13)14/h3-4,7-9H,5-6H2,1-2H3,(H,19,22)(H,20,23)(H,25,26). The van der Waals surface area contributed by atoms with Crippen molar-refractivity contribution in [3.8, 4) is 0 Å². The summed E-state index contributed by atoms with van der Waals surface area (Å²) in [6.07, 6.45) is 0. The number of nitrogens with one attached hydrogen (secondary N) is 2. The molecule has 2 aromatic rings. The molecule has 1 atom stereocenters. The molecule has 1 unspecified atom stereocenters. The Morgan fingerprint density at radius 3 is 2.62 bits per heavy atom. The second-order valence-corrected chi connectivity index (χ2v) is 5.73. The predicted molar refractivity (Wildman–Crippen MR) is 91.3 cm³/mol. The maximum Gasteiger partial charge on any atom is 0.326 e. The Morgan fingerprint density at radius 1 is 1.31 bits per heavy atom. The normalized spacial score (nSPS) is 11.8. The third-order valence-corrected chi connectivity index (χ3v) is 3.85. The molecule has 8 nitrogen and oxygen atoms in total. The zero-order valence-electron chi connectivity index (χ0n) is 14.2. The molecule has 0 fully saturated rings. The number of hydrogen-bond donors (Lipinski definition) is 3. The number of pyridine rings is 1. The fraction of sp³-hybridized carbons (Fsp3) is 0.294. The quantitative estimate of drug-likeness (QED) is 0.699. The van der Waals surface area contributed by atoms with Gasteiger partial charge in [-0.3, -0.25) is 14.4 Å². The lowest BCUT2D eigenvalue weighted by Gasteiger charge is -2.27. The minimum absolute atomic E-state index is 0.0359. The van der Waals surface area contributed by atoms with Gasteiger partial charge in [-0.2, -0.15) is 0 Å². The van der Waals surface area contributed by atoms with Crippen molar-refractivity contribution in [2.45, 2.75) is 19.9 Å². The molecule has 0 aliphatic rings. The maximum absolute atomic E-state index is 13.6. The van der Waals surface area contributed by atoms with Gasteiger partial charge in [0.2, 0.25) is 11.5 Å². The van der Waals surface area contributed by atoms with Crippen molar-refractivity contribution in [2.24, 2.45) is 0 Å². The van der Waals surface area contributed by atoms with Crippen molar-refractivity contribution in [1.82, 2.24) is 15.2 Å². The maximum atomic E-state index is 13.6. The first-order chi connectivity index (χ1) is 12.2. The third kappa shape index (κ3) is 4.24. The second kappa shape index (κ2) is 7.77. The smallest absolute Gasteiger partial charge is 0.326 e. The average molecular weight is 363 g/mol. The summed E-state index contributed by atoms with van der Waals surface area (Å²) in [6.45, 7) is 2.55. The lowest BCUT2D eigenvalue weighted by atomic mass is 10.1. The molecule has 0 radical (unpaired) electrons. The third-order valence-electron chi connectivity index (χ3n) is 3.85. The number of fused-ring (bicyclic) bond motifs is 1. The van der Waals surface area contributed by atoms with Crippen LogP contribution in [0, 0.1) is 5.82 Å². The molecule has 2 rings (SSSR count). The van der Waals surface area contributed by atoms with E-state index >= 15 is 0 Å². The molecule has 9 heteroatoms. The summed E-state index contributed by atoms with van der Waals surface area (Å²) in [5.41, 5.74) is -0.427. The first-order valence-electron chi connectivity index (χ1n) is 7.81. The van der Waals surface area contributed by atoms with Crippen LogP contribution in [0.2, 0.25) is 0 Å². The van der Waals surface area contributed by atoms with Gasteiger partial charge in [0.1, 0.15) is 11.9 Å². The lowest BCUT2D eigenvalue weighted by molar-refractivity contribution is -0.141. The summed E-state index contributed by atoms with van der Waals surface area (Å²) < 4.78 is 13.6. The largest absolute Gasteiger partial charge is 0.480 e. The monoisotopic (exact) mass is 363 g/mol. The van der Waals surface area contributed by atoms with Crippen molar-refractivity contribution >= 4 is 28.7 Å². The number of carboxylic acids is 1. The van der Waals surface area contributed by atoms with Gasteiger partial charge in [0, 0.05) is 37.0 Å². The van der Waals surface area contributed by atoms with E-state index in [-0.39, 0.29) is 35.5 Å². The molecule has 1 aromatic carbocycles. The molecule has 0 saturated heterocycles. The van der Waals surface area contributed by atoms with E-state index < -0.39 is 29.3 Å². The van der Waals surface area contributed by atoms with E-state index in [1.54, 1.807) is 0 Å². The molecule has 138 valence electrons. The second-order valence-electron chi connectivity index (χ2n) is 5.73. The first kappa shape index (κ1) is 19.1. The highest BCUT2D eigenvalue weighted by molar-refractivity contribution is 6.07. The minimum atomic E-state index is -1.25. The fourth-order valence-corrected chi connectivity index (χ4v) is 2.51. The summed E-state index contributed by atoms with van der Waals surface area (Å²) in [5, 5.41) is 11.9. The number of halogens is 1. The van der Waals surface area contributed by atoms with Crippen molar-refractivity contribution in [1.29, 1.82) is 0 Å². The number of carbonyl (C=O) groups excluding carboxylic acids is 2. The topological polar surface area (TPSA) is 120 Å². The van der Waals surface area contributed by atoms with Crippen molar-refractivity contribution in [3.63, 3.8) is 0 Å². The predicted octanol–water partition coefficient (Wildman–Crippen LogP) is 0.719. The van der Waals surface area contributed by atoms with Crippen molar-refractivity contribution in [2.75, 3.05) is 13.1 Å². The highest BCUT2D eigenvalue weighted by Gasteiger charge is 2.27. The zero-order valence-corrected chi connectivity index (χ0v) is 14.2. The molecule has 1 aromatic heterocycles. The van der Waals surface area contributed by atoms with Crippen LogP contribution in [0.3, 0.4) is 0 Å². The first-order valence-corrected chi connectivity index (χ1v) is 7.81. The Labute approximate surface area is 147 Å². The molecule has 0 bridgehead atoms. The molecule has 26 heavy (non-hydrogen) atoms. The number of amides is 2. The SMILES string of the molecule is CC(=O)NCCN(C(=O)c1cc(=O)[nH]c2ccc(F)cc12)C(C)C(=O)O. The van der Waals surface area contributed by atoms with Crippen LogP contribution < -0.4 is 10.9 Å². The summed E-state index contributed by atoms with van der Waals surface area (Å²) in [5.74, 6) is -2.92. The number of aromatic nitrogens is 1. The van der Waals surface area contributed by atoms with Crippen molar-refractivity contribution < 1.29 is 23.9 Å². The number of aliphatic carboxylic acids is 1. The van der Waals surface area contributed by atoms with Crippen LogP contribution in [0.4, 0.5) is 4.39 Å². The summed E-state index contributed by atoms with van der Waals surface area (Å²) in [7, 11) is 0. The highest BCUT2D eigenvalue weighted by atomic mass is 19.1. The molecular weight excluding hydrogens is 345 g/mol. The Hall–Kier alpha value is -3.23. The Balaban J connectivity index is 2.48. The van der Waals surface area contributed by atoms with E-state index in [0.29, 0.717) is 0 Å². The molecule has 3 N–H and O–H groups in total. The summed E-state index contributed by atoms with van der Waals surface area (Å²) in [6, 6.07) is 3.35. The van der Waals surface area contributed by atoms with Crippen LogP contribution in [-0.2, 0) is 9.59 Å². The number of hydrogen-bond acceptors (Lipinski definition) is 4. The van der Waals surface area contributed by atoms with Gasteiger partial charge < -0.3 is 20.3 Å². The number of rotatable bonds is 6. The Kier molecular flexibility index (Phi) is 5.71. The van der Waals surface area contributed by atoms with E-state index in [1.165, 1.54) is 19.9 Å². The Bertz CT molecular complexity index is 924. The van der Waals surface area contributed by atoms with Crippen LogP contribution >= 0.6 is 0 Å². The molecule has 0 spiro atoms. The zero-order chi connectivity index (χ0) is 19.4. The van der Waals surface area contributed by atoms with Gasteiger partial charge in [0.25, 0.3) is 5.91 Å².